The van der Waals surface area contributed by atoms with Crippen LogP contribution in [-0.2, 0) is 11.3 Å². The molecule has 2 rings (SSSR count). The lowest BCUT2D eigenvalue weighted by molar-refractivity contribution is -0.00314. The van der Waals surface area contributed by atoms with E-state index in [0.29, 0.717) is 6.10 Å². The summed E-state index contributed by atoms with van der Waals surface area (Å²) in [6.45, 7) is 8.02. The van der Waals surface area contributed by atoms with E-state index in [0.717, 1.165) is 32.2 Å². The lowest BCUT2D eigenvalue weighted by atomic mass is 9.88. The Hall–Kier alpha value is -0.870. The second kappa shape index (κ2) is 7.65. The minimum Gasteiger partial charge on any atom is -0.377 e. The standard InChI is InChI=1S/C15H27N3O/c1-13-11-17-18(12-13)9-7-16-8-10-19-15-6-4-3-5-14(15)2/h11-12,14-16H,3-10H2,1-2H3/t14-,15-/m0/s1. The van der Waals surface area contributed by atoms with Gasteiger partial charge in [-0.15, -0.1) is 0 Å². The van der Waals surface area contributed by atoms with Gasteiger partial charge in [0.2, 0.25) is 0 Å². The minimum absolute atomic E-state index is 0.490. The summed E-state index contributed by atoms with van der Waals surface area (Å²) in [6, 6.07) is 0. The number of rotatable bonds is 7. The average molecular weight is 265 g/mol. The molecule has 1 aromatic heterocycles. The maximum Gasteiger partial charge on any atom is 0.0601 e. The van der Waals surface area contributed by atoms with Crippen molar-refractivity contribution in [1.82, 2.24) is 15.1 Å². The van der Waals surface area contributed by atoms with E-state index >= 15 is 0 Å². The maximum atomic E-state index is 5.97. The number of ether oxygens (including phenoxy) is 1. The van der Waals surface area contributed by atoms with Crippen molar-refractivity contribution in [2.75, 3.05) is 19.7 Å². The van der Waals surface area contributed by atoms with Gasteiger partial charge in [0.1, 0.15) is 0 Å². The number of aryl methyl sites for hydroxylation is 1. The molecule has 1 fully saturated rings. The Bertz CT molecular complexity index is 364. The lowest BCUT2D eigenvalue weighted by Gasteiger charge is -2.28. The van der Waals surface area contributed by atoms with Crippen LogP contribution in [0.3, 0.4) is 0 Å². The van der Waals surface area contributed by atoms with E-state index in [4.69, 9.17) is 4.74 Å². The van der Waals surface area contributed by atoms with Crippen LogP contribution >= 0.6 is 0 Å². The van der Waals surface area contributed by atoms with Gasteiger partial charge in [-0.05, 0) is 31.2 Å². The van der Waals surface area contributed by atoms with Crippen LogP contribution in [0.5, 0.6) is 0 Å². The van der Waals surface area contributed by atoms with Crippen molar-refractivity contribution in [2.24, 2.45) is 5.92 Å². The summed E-state index contributed by atoms with van der Waals surface area (Å²) < 4.78 is 7.95. The zero-order chi connectivity index (χ0) is 13.5. The topological polar surface area (TPSA) is 39.1 Å². The van der Waals surface area contributed by atoms with Crippen LogP contribution in [-0.4, -0.2) is 35.6 Å². The van der Waals surface area contributed by atoms with Gasteiger partial charge in [-0.3, -0.25) is 4.68 Å². The van der Waals surface area contributed by atoms with E-state index in [1.807, 2.05) is 10.9 Å². The molecular weight excluding hydrogens is 238 g/mol. The third-order valence-electron chi connectivity index (χ3n) is 3.92. The Kier molecular flexibility index (Phi) is 5.86. The van der Waals surface area contributed by atoms with Gasteiger partial charge in [0, 0.05) is 19.3 Å². The summed E-state index contributed by atoms with van der Waals surface area (Å²) in [5.74, 6) is 0.737. The molecule has 2 atom stereocenters. The molecule has 4 nitrogen and oxygen atoms in total. The zero-order valence-corrected chi connectivity index (χ0v) is 12.3. The molecule has 1 aliphatic carbocycles. The lowest BCUT2D eigenvalue weighted by Crippen LogP contribution is -2.30. The van der Waals surface area contributed by atoms with E-state index in [1.54, 1.807) is 0 Å². The summed E-state index contributed by atoms with van der Waals surface area (Å²) >= 11 is 0. The highest BCUT2D eigenvalue weighted by Crippen LogP contribution is 2.25. The third kappa shape index (κ3) is 4.96. The molecule has 0 unspecified atom stereocenters. The number of aromatic nitrogens is 2. The first-order valence-electron chi connectivity index (χ1n) is 7.57. The fourth-order valence-electron chi connectivity index (χ4n) is 2.72. The molecule has 1 aromatic rings. The van der Waals surface area contributed by atoms with Gasteiger partial charge < -0.3 is 10.1 Å². The quantitative estimate of drug-likeness (QED) is 0.769. The van der Waals surface area contributed by atoms with E-state index in [-0.39, 0.29) is 0 Å². The molecule has 0 saturated heterocycles. The van der Waals surface area contributed by atoms with Crippen molar-refractivity contribution in [1.29, 1.82) is 0 Å². The van der Waals surface area contributed by atoms with Gasteiger partial charge in [0.25, 0.3) is 0 Å². The average Bonchev–Trinajstić information content (AvgIpc) is 2.81. The Labute approximate surface area is 116 Å². The molecule has 0 aliphatic heterocycles. The van der Waals surface area contributed by atoms with Crippen LogP contribution in [0, 0.1) is 12.8 Å². The summed E-state index contributed by atoms with van der Waals surface area (Å²) in [5, 5.41) is 7.67. The summed E-state index contributed by atoms with van der Waals surface area (Å²) in [4.78, 5) is 0. The maximum absolute atomic E-state index is 5.97. The van der Waals surface area contributed by atoms with Crippen molar-refractivity contribution in [2.45, 2.75) is 52.2 Å². The smallest absolute Gasteiger partial charge is 0.0601 e. The SMILES string of the molecule is Cc1cnn(CCNCCO[C@H]2CCCC[C@@H]2C)c1. The van der Waals surface area contributed by atoms with Gasteiger partial charge in [0.15, 0.2) is 0 Å². The molecule has 0 spiro atoms. The van der Waals surface area contributed by atoms with Crippen molar-refractivity contribution in [3.63, 3.8) is 0 Å². The molecule has 108 valence electrons. The normalized spacial score (nSPS) is 23.7. The van der Waals surface area contributed by atoms with E-state index in [9.17, 15) is 0 Å². The summed E-state index contributed by atoms with van der Waals surface area (Å²) in [6.07, 6.45) is 9.74. The third-order valence-corrected chi connectivity index (χ3v) is 3.92. The van der Waals surface area contributed by atoms with Gasteiger partial charge in [-0.1, -0.05) is 19.8 Å². The highest BCUT2D eigenvalue weighted by Gasteiger charge is 2.21. The molecule has 4 heteroatoms. The van der Waals surface area contributed by atoms with Crippen LogP contribution in [0.4, 0.5) is 0 Å². The van der Waals surface area contributed by atoms with Gasteiger partial charge >= 0.3 is 0 Å². The summed E-state index contributed by atoms with van der Waals surface area (Å²) in [5.41, 5.74) is 1.22. The first-order valence-corrected chi connectivity index (χ1v) is 7.57. The molecular formula is C15H27N3O. The largest absolute Gasteiger partial charge is 0.377 e. The summed E-state index contributed by atoms with van der Waals surface area (Å²) in [7, 11) is 0. The molecule has 1 N–H and O–H groups in total. The van der Waals surface area contributed by atoms with Crippen molar-refractivity contribution >= 4 is 0 Å². The highest BCUT2D eigenvalue weighted by atomic mass is 16.5. The molecule has 0 radical (unpaired) electrons. The van der Waals surface area contributed by atoms with E-state index < -0.39 is 0 Å². The van der Waals surface area contributed by atoms with Crippen LogP contribution in [0.25, 0.3) is 0 Å². The van der Waals surface area contributed by atoms with Crippen molar-refractivity contribution in [3.05, 3.63) is 18.0 Å². The predicted molar refractivity (Wildman–Crippen MR) is 77.2 cm³/mol. The van der Waals surface area contributed by atoms with Crippen LogP contribution in [0.1, 0.15) is 38.2 Å². The fourth-order valence-corrected chi connectivity index (χ4v) is 2.72. The minimum atomic E-state index is 0.490. The second-order valence-electron chi connectivity index (χ2n) is 5.70. The molecule has 1 saturated carbocycles. The van der Waals surface area contributed by atoms with Gasteiger partial charge in [-0.2, -0.15) is 5.10 Å². The van der Waals surface area contributed by atoms with Crippen LogP contribution in [0.15, 0.2) is 12.4 Å². The monoisotopic (exact) mass is 265 g/mol. The highest BCUT2D eigenvalue weighted by molar-refractivity contribution is 4.99. The van der Waals surface area contributed by atoms with Crippen molar-refractivity contribution < 1.29 is 4.74 Å². The first kappa shape index (κ1) is 14.5. The fraction of sp³-hybridized carbons (Fsp3) is 0.800. The number of nitrogens with one attached hydrogen (secondary N) is 1. The van der Waals surface area contributed by atoms with Gasteiger partial charge in [-0.25, -0.2) is 0 Å². The number of hydrogen-bond acceptors (Lipinski definition) is 3. The predicted octanol–water partition coefficient (Wildman–Crippen LogP) is 2.38. The number of nitrogens with zero attached hydrogens (tertiary/aromatic N) is 2. The van der Waals surface area contributed by atoms with E-state index in [1.165, 1.54) is 31.2 Å². The molecule has 0 amide bonds. The van der Waals surface area contributed by atoms with Gasteiger partial charge in [0.05, 0.1) is 25.5 Å². The molecule has 19 heavy (non-hydrogen) atoms. The first-order chi connectivity index (χ1) is 9.25. The molecule has 1 aliphatic rings. The molecule has 0 aromatic carbocycles. The van der Waals surface area contributed by atoms with Crippen LogP contribution in [0.2, 0.25) is 0 Å². The van der Waals surface area contributed by atoms with E-state index in [2.05, 4.69) is 30.5 Å². The second-order valence-corrected chi connectivity index (χ2v) is 5.70. The Morgan fingerprint density at radius 2 is 2.21 bits per heavy atom. The van der Waals surface area contributed by atoms with Crippen LogP contribution < -0.4 is 5.32 Å². The number of hydrogen-bond donors (Lipinski definition) is 1. The van der Waals surface area contributed by atoms with Crippen molar-refractivity contribution in [3.8, 4) is 0 Å². The molecule has 1 heterocycles. The Balaban J connectivity index is 1.50. The Morgan fingerprint density at radius 1 is 1.37 bits per heavy atom. The zero-order valence-electron chi connectivity index (χ0n) is 12.3. The Morgan fingerprint density at radius 3 is 2.95 bits per heavy atom. The molecule has 0 bridgehead atoms.